The van der Waals surface area contributed by atoms with E-state index >= 15 is 0 Å². The van der Waals surface area contributed by atoms with Crippen LogP contribution in [0.15, 0.2) is 36.4 Å². The van der Waals surface area contributed by atoms with Gasteiger partial charge in [-0.15, -0.1) is 0 Å². The Kier molecular flexibility index (Phi) is 7.64. The first-order valence-corrected chi connectivity index (χ1v) is 10.3. The topological polar surface area (TPSA) is 112 Å². The molecule has 1 saturated heterocycles. The van der Waals surface area contributed by atoms with Gasteiger partial charge in [-0.2, -0.15) is 0 Å². The van der Waals surface area contributed by atoms with Gasteiger partial charge in [-0.25, -0.2) is 0 Å². The van der Waals surface area contributed by atoms with Gasteiger partial charge in [0.25, 0.3) is 11.8 Å². The summed E-state index contributed by atoms with van der Waals surface area (Å²) >= 11 is 0. The molecule has 1 aliphatic rings. The number of hydrogen-bond acceptors (Lipinski definition) is 7. The molecule has 2 amide bonds. The molecule has 0 bridgehead atoms. The SMILES string of the molecule is COc1ccc(N2CCC(NC(=O)c3cc(OC)c(OCC(N)=O)c(OC)c3)CC2)cc1. The Morgan fingerprint density at radius 1 is 1.00 bits per heavy atom. The molecule has 2 aromatic rings. The van der Waals surface area contributed by atoms with E-state index in [0.717, 1.165) is 37.4 Å². The number of benzene rings is 2. The summed E-state index contributed by atoms with van der Waals surface area (Å²) in [5.74, 6) is 0.754. The van der Waals surface area contributed by atoms with Crippen molar-refractivity contribution in [2.24, 2.45) is 5.73 Å². The zero-order valence-electron chi connectivity index (χ0n) is 18.6. The zero-order chi connectivity index (χ0) is 23.1. The number of piperidine rings is 1. The van der Waals surface area contributed by atoms with Crippen LogP contribution < -0.4 is 34.9 Å². The molecule has 0 atom stereocenters. The number of methoxy groups -OCH3 is 3. The molecule has 0 unspecified atom stereocenters. The molecule has 9 heteroatoms. The van der Waals surface area contributed by atoms with Gasteiger partial charge in [0.05, 0.1) is 21.3 Å². The lowest BCUT2D eigenvalue weighted by Crippen LogP contribution is -2.44. The fraction of sp³-hybridized carbons (Fsp3) is 0.391. The predicted molar refractivity (Wildman–Crippen MR) is 120 cm³/mol. The monoisotopic (exact) mass is 443 g/mol. The average molecular weight is 444 g/mol. The fourth-order valence-electron chi connectivity index (χ4n) is 3.64. The molecule has 32 heavy (non-hydrogen) atoms. The first-order chi connectivity index (χ1) is 15.4. The van der Waals surface area contributed by atoms with Gasteiger partial charge in [-0.05, 0) is 49.2 Å². The molecule has 1 heterocycles. The van der Waals surface area contributed by atoms with Crippen LogP contribution in [0.2, 0.25) is 0 Å². The zero-order valence-corrected chi connectivity index (χ0v) is 18.6. The average Bonchev–Trinajstić information content (AvgIpc) is 2.82. The lowest BCUT2D eigenvalue weighted by atomic mass is 10.0. The van der Waals surface area contributed by atoms with Crippen LogP contribution >= 0.6 is 0 Å². The standard InChI is InChI=1S/C23H29N3O6/c1-29-18-6-4-17(5-7-18)26-10-8-16(9-11-26)25-23(28)15-12-19(30-2)22(20(13-15)31-3)32-14-21(24)27/h4-7,12-13,16H,8-11,14H2,1-3H3,(H2,24,27)(H,25,28). The molecule has 172 valence electrons. The normalized spacial score (nSPS) is 13.9. The van der Waals surface area contributed by atoms with Crippen molar-refractivity contribution in [1.29, 1.82) is 0 Å². The second-order valence-electron chi connectivity index (χ2n) is 7.40. The Balaban J connectivity index is 1.63. The quantitative estimate of drug-likeness (QED) is 0.609. The maximum Gasteiger partial charge on any atom is 0.255 e. The number of primary amides is 1. The molecular weight excluding hydrogens is 414 g/mol. The van der Waals surface area contributed by atoms with Crippen LogP contribution in [0.5, 0.6) is 23.0 Å². The van der Waals surface area contributed by atoms with Crippen LogP contribution in [-0.2, 0) is 4.79 Å². The van der Waals surface area contributed by atoms with E-state index in [1.54, 1.807) is 19.2 Å². The number of nitrogens with one attached hydrogen (secondary N) is 1. The Hall–Kier alpha value is -3.62. The number of rotatable bonds is 9. The van der Waals surface area contributed by atoms with E-state index in [4.69, 9.17) is 24.7 Å². The van der Waals surface area contributed by atoms with Crippen molar-refractivity contribution in [2.75, 3.05) is 45.9 Å². The minimum absolute atomic E-state index is 0.0553. The second kappa shape index (κ2) is 10.6. The van der Waals surface area contributed by atoms with Gasteiger partial charge in [-0.1, -0.05) is 0 Å². The van der Waals surface area contributed by atoms with Crippen LogP contribution in [0.25, 0.3) is 0 Å². The van der Waals surface area contributed by atoms with Crippen LogP contribution in [0.4, 0.5) is 5.69 Å². The van der Waals surface area contributed by atoms with Gasteiger partial charge >= 0.3 is 0 Å². The minimum atomic E-state index is -0.628. The Morgan fingerprint density at radius 3 is 2.09 bits per heavy atom. The van der Waals surface area contributed by atoms with E-state index in [1.165, 1.54) is 14.2 Å². The Labute approximate surface area is 187 Å². The minimum Gasteiger partial charge on any atom is -0.497 e. The lowest BCUT2D eigenvalue weighted by Gasteiger charge is -2.34. The Bertz CT molecular complexity index is 914. The summed E-state index contributed by atoms with van der Waals surface area (Å²) in [5.41, 5.74) is 6.66. The number of nitrogens with two attached hydrogens (primary N) is 1. The van der Waals surface area contributed by atoms with Gasteiger partial charge in [0.15, 0.2) is 18.1 Å². The van der Waals surface area contributed by atoms with Crippen molar-refractivity contribution in [2.45, 2.75) is 18.9 Å². The van der Waals surface area contributed by atoms with Crippen LogP contribution in [0.3, 0.4) is 0 Å². The second-order valence-corrected chi connectivity index (χ2v) is 7.40. The van der Waals surface area contributed by atoms with Crippen molar-refractivity contribution in [3.8, 4) is 23.0 Å². The molecule has 3 rings (SSSR count). The summed E-state index contributed by atoms with van der Waals surface area (Å²) in [4.78, 5) is 26.2. The fourth-order valence-corrected chi connectivity index (χ4v) is 3.64. The van der Waals surface area contributed by atoms with Crippen molar-refractivity contribution >= 4 is 17.5 Å². The van der Waals surface area contributed by atoms with E-state index in [2.05, 4.69) is 10.2 Å². The number of nitrogens with zero attached hydrogens (tertiary/aromatic N) is 1. The molecule has 1 aliphatic heterocycles. The first kappa shape index (κ1) is 23.1. The maximum atomic E-state index is 12.9. The number of ether oxygens (including phenoxy) is 4. The van der Waals surface area contributed by atoms with Gasteiger partial charge < -0.3 is 34.9 Å². The van der Waals surface area contributed by atoms with Crippen molar-refractivity contribution in [3.63, 3.8) is 0 Å². The van der Waals surface area contributed by atoms with Crippen LogP contribution in [0.1, 0.15) is 23.2 Å². The molecular formula is C23H29N3O6. The number of carbonyl (C=O) groups excluding carboxylic acids is 2. The number of hydrogen-bond donors (Lipinski definition) is 2. The third-order valence-corrected chi connectivity index (χ3v) is 5.35. The Morgan fingerprint density at radius 2 is 1.59 bits per heavy atom. The predicted octanol–water partition coefficient (Wildman–Crippen LogP) is 1.98. The molecule has 0 aromatic heterocycles. The summed E-state index contributed by atoms with van der Waals surface area (Å²) in [6.07, 6.45) is 1.65. The molecule has 0 spiro atoms. The molecule has 0 radical (unpaired) electrons. The smallest absolute Gasteiger partial charge is 0.255 e. The highest BCUT2D eigenvalue weighted by atomic mass is 16.5. The van der Waals surface area contributed by atoms with Crippen LogP contribution in [0, 0.1) is 0 Å². The van der Waals surface area contributed by atoms with Gasteiger partial charge in [0, 0.05) is 30.4 Å². The summed E-state index contributed by atoms with van der Waals surface area (Å²) < 4.78 is 21.3. The van der Waals surface area contributed by atoms with E-state index in [9.17, 15) is 9.59 Å². The third kappa shape index (κ3) is 5.54. The van der Waals surface area contributed by atoms with E-state index < -0.39 is 5.91 Å². The molecule has 9 nitrogen and oxygen atoms in total. The number of carbonyl (C=O) groups is 2. The highest BCUT2D eigenvalue weighted by Crippen LogP contribution is 2.38. The lowest BCUT2D eigenvalue weighted by molar-refractivity contribution is -0.120. The first-order valence-electron chi connectivity index (χ1n) is 10.3. The van der Waals surface area contributed by atoms with Gasteiger partial charge in [0.2, 0.25) is 5.75 Å². The summed E-state index contributed by atoms with van der Waals surface area (Å²) in [6.45, 7) is 1.35. The molecule has 1 fully saturated rings. The third-order valence-electron chi connectivity index (χ3n) is 5.35. The van der Waals surface area contributed by atoms with Gasteiger partial charge in [-0.3, -0.25) is 9.59 Å². The summed E-state index contributed by atoms with van der Waals surface area (Å²) in [5, 5.41) is 3.09. The highest BCUT2D eigenvalue weighted by molar-refractivity contribution is 5.96. The van der Waals surface area contributed by atoms with E-state index in [-0.39, 0.29) is 35.8 Å². The maximum absolute atomic E-state index is 12.9. The number of anilines is 1. The van der Waals surface area contributed by atoms with Crippen molar-refractivity contribution in [3.05, 3.63) is 42.0 Å². The van der Waals surface area contributed by atoms with Gasteiger partial charge in [0.1, 0.15) is 5.75 Å². The van der Waals surface area contributed by atoms with E-state index in [0.29, 0.717) is 5.56 Å². The molecule has 0 aliphatic carbocycles. The van der Waals surface area contributed by atoms with Crippen LogP contribution in [-0.4, -0.2) is 58.9 Å². The summed E-state index contributed by atoms with van der Waals surface area (Å²) in [6, 6.07) is 11.1. The number of amides is 2. The highest BCUT2D eigenvalue weighted by Gasteiger charge is 2.23. The van der Waals surface area contributed by atoms with Crippen molar-refractivity contribution < 1.29 is 28.5 Å². The largest absolute Gasteiger partial charge is 0.497 e. The molecule has 3 N–H and O–H groups in total. The molecule has 2 aromatic carbocycles. The van der Waals surface area contributed by atoms with Crippen molar-refractivity contribution in [1.82, 2.24) is 5.32 Å². The summed E-state index contributed by atoms with van der Waals surface area (Å²) in [7, 11) is 4.54. The molecule has 0 saturated carbocycles. The van der Waals surface area contributed by atoms with E-state index in [1.807, 2.05) is 24.3 Å².